The minimum Gasteiger partial charge on any atom is -0.463 e. The van der Waals surface area contributed by atoms with Crippen LogP contribution < -0.4 is 5.32 Å². The third kappa shape index (κ3) is 4.56. The molecule has 1 amide bonds. The van der Waals surface area contributed by atoms with Gasteiger partial charge in [0.15, 0.2) is 0 Å². The molecular weight excluding hydrogens is 220 g/mol. The molecule has 1 aliphatic heterocycles. The Hall–Kier alpha value is -1.36. The molecule has 1 unspecified atom stereocenters. The van der Waals surface area contributed by atoms with E-state index < -0.39 is 0 Å². The number of nitrogens with one attached hydrogen (secondary N) is 1. The minimum absolute atomic E-state index is 0.0129. The van der Waals surface area contributed by atoms with Crippen LogP contribution in [0.5, 0.6) is 0 Å². The molecule has 0 saturated carbocycles. The van der Waals surface area contributed by atoms with Crippen molar-refractivity contribution in [2.75, 3.05) is 26.2 Å². The molecule has 1 aliphatic rings. The number of esters is 1. The van der Waals surface area contributed by atoms with E-state index in [2.05, 4.69) is 16.8 Å². The number of carbonyl (C=O) groups is 2. The van der Waals surface area contributed by atoms with Gasteiger partial charge in [0.25, 0.3) is 0 Å². The molecule has 5 heteroatoms. The Morgan fingerprint density at radius 3 is 2.82 bits per heavy atom. The maximum atomic E-state index is 11.4. The lowest BCUT2D eigenvalue weighted by Crippen LogP contribution is -2.36. The summed E-state index contributed by atoms with van der Waals surface area (Å²) in [4.78, 5) is 24.4. The van der Waals surface area contributed by atoms with Gasteiger partial charge in [-0.15, -0.1) is 0 Å². The summed E-state index contributed by atoms with van der Waals surface area (Å²) in [6.07, 6.45) is 0.912. The summed E-state index contributed by atoms with van der Waals surface area (Å²) in [5.74, 6) is -0.350. The maximum Gasteiger partial charge on any atom is 0.334 e. The maximum absolute atomic E-state index is 11.4. The van der Waals surface area contributed by atoms with E-state index in [0.717, 1.165) is 19.5 Å². The molecule has 5 nitrogen and oxygen atoms in total. The first-order valence-electron chi connectivity index (χ1n) is 5.87. The first-order chi connectivity index (χ1) is 8.02. The number of likely N-dealkylation sites (tertiary alicyclic amines) is 1. The van der Waals surface area contributed by atoms with Crippen LogP contribution in [-0.2, 0) is 14.3 Å². The van der Waals surface area contributed by atoms with Crippen LogP contribution in [0, 0.1) is 0 Å². The van der Waals surface area contributed by atoms with Crippen molar-refractivity contribution in [2.24, 2.45) is 0 Å². The molecule has 17 heavy (non-hydrogen) atoms. The molecule has 1 atom stereocenters. The van der Waals surface area contributed by atoms with Crippen LogP contribution in [0.3, 0.4) is 0 Å². The van der Waals surface area contributed by atoms with Crippen molar-refractivity contribution in [3.8, 4) is 0 Å². The van der Waals surface area contributed by atoms with Gasteiger partial charge in [0.2, 0.25) is 5.91 Å². The lowest BCUT2D eigenvalue weighted by atomic mass is 10.2. The summed E-state index contributed by atoms with van der Waals surface area (Å²) in [5, 5.41) is 2.87. The van der Waals surface area contributed by atoms with Gasteiger partial charge in [0.1, 0.15) is 0 Å². The van der Waals surface area contributed by atoms with Crippen molar-refractivity contribution < 1.29 is 14.3 Å². The topological polar surface area (TPSA) is 58.6 Å². The zero-order valence-electron chi connectivity index (χ0n) is 10.5. The van der Waals surface area contributed by atoms with Crippen molar-refractivity contribution in [2.45, 2.75) is 26.3 Å². The Labute approximate surface area is 102 Å². The van der Waals surface area contributed by atoms with Gasteiger partial charge in [0.05, 0.1) is 6.61 Å². The Kier molecular flexibility index (Phi) is 5.15. The first-order valence-corrected chi connectivity index (χ1v) is 5.87. The van der Waals surface area contributed by atoms with E-state index in [1.165, 1.54) is 6.92 Å². The first kappa shape index (κ1) is 13.7. The summed E-state index contributed by atoms with van der Waals surface area (Å²) in [6, 6.07) is 0.183. The normalized spacial score (nSPS) is 20.0. The third-order valence-corrected chi connectivity index (χ3v) is 2.66. The fourth-order valence-electron chi connectivity index (χ4n) is 1.95. The molecule has 0 aromatic rings. The second-order valence-electron chi connectivity index (χ2n) is 4.25. The van der Waals surface area contributed by atoms with Crippen molar-refractivity contribution >= 4 is 11.9 Å². The molecule has 0 aromatic carbocycles. The summed E-state index contributed by atoms with van der Waals surface area (Å²) in [5.41, 5.74) is 0.468. The number of amides is 1. The summed E-state index contributed by atoms with van der Waals surface area (Å²) < 4.78 is 4.87. The summed E-state index contributed by atoms with van der Waals surface area (Å²) in [7, 11) is 0. The Balaban J connectivity index is 2.32. The largest absolute Gasteiger partial charge is 0.463 e. The highest BCUT2D eigenvalue weighted by Crippen LogP contribution is 2.11. The monoisotopic (exact) mass is 240 g/mol. The molecule has 0 aromatic heterocycles. The van der Waals surface area contributed by atoms with Crippen LogP contribution in [-0.4, -0.2) is 49.1 Å². The number of carbonyl (C=O) groups excluding carboxylic acids is 2. The highest BCUT2D eigenvalue weighted by Gasteiger charge is 2.24. The molecule has 1 fully saturated rings. The average molecular weight is 240 g/mol. The third-order valence-electron chi connectivity index (χ3n) is 2.66. The van der Waals surface area contributed by atoms with E-state index >= 15 is 0 Å². The van der Waals surface area contributed by atoms with E-state index in [-0.39, 0.29) is 17.9 Å². The van der Waals surface area contributed by atoms with Crippen molar-refractivity contribution in [1.29, 1.82) is 0 Å². The summed E-state index contributed by atoms with van der Waals surface area (Å²) >= 11 is 0. The highest BCUT2D eigenvalue weighted by atomic mass is 16.5. The predicted octanol–water partition coefficient (Wildman–Crippen LogP) is 0.316. The van der Waals surface area contributed by atoms with Gasteiger partial charge in [-0.25, -0.2) is 4.79 Å². The van der Waals surface area contributed by atoms with Crippen LogP contribution in [0.25, 0.3) is 0 Å². The van der Waals surface area contributed by atoms with Gasteiger partial charge in [0, 0.05) is 38.2 Å². The number of rotatable bonds is 5. The molecule has 0 spiro atoms. The van der Waals surface area contributed by atoms with E-state index in [4.69, 9.17) is 4.74 Å². The molecule has 0 bridgehead atoms. The molecule has 0 aliphatic carbocycles. The van der Waals surface area contributed by atoms with Crippen molar-refractivity contribution in [3.05, 3.63) is 12.2 Å². The van der Waals surface area contributed by atoms with Gasteiger partial charge >= 0.3 is 5.97 Å². The Morgan fingerprint density at radius 1 is 1.53 bits per heavy atom. The fourth-order valence-corrected chi connectivity index (χ4v) is 1.95. The molecule has 1 N–H and O–H groups in total. The lowest BCUT2D eigenvalue weighted by molar-refractivity contribution is -0.138. The van der Waals surface area contributed by atoms with Crippen LogP contribution in [0.15, 0.2) is 12.2 Å². The smallest absolute Gasteiger partial charge is 0.334 e. The summed E-state index contributed by atoms with van der Waals surface area (Å²) in [6.45, 7) is 9.51. The molecule has 0 radical (unpaired) electrons. The van der Waals surface area contributed by atoms with Gasteiger partial charge in [-0.05, 0) is 13.3 Å². The van der Waals surface area contributed by atoms with Crippen LogP contribution in [0.4, 0.5) is 0 Å². The average Bonchev–Trinajstić information content (AvgIpc) is 2.64. The molecule has 1 heterocycles. The molecule has 96 valence electrons. The van der Waals surface area contributed by atoms with E-state index in [9.17, 15) is 9.59 Å². The van der Waals surface area contributed by atoms with Gasteiger partial charge in [-0.1, -0.05) is 6.58 Å². The zero-order valence-corrected chi connectivity index (χ0v) is 10.5. The number of hydrogen-bond acceptors (Lipinski definition) is 4. The number of ether oxygens (including phenoxy) is 1. The van der Waals surface area contributed by atoms with Crippen molar-refractivity contribution in [1.82, 2.24) is 10.2 Å². The predicted molar refractivity (Wildman–Crippen MR) is 64.4 cm³/mol. The molecule has 1 rings (SSSR count). The molecule has 1 saturated heterocycles. The SMILES string of the molecule is C=C(CN1CCC(NC(C)=O)C1)C(=O)OCC. The lowest BCUT2D eigenvalue weighted by Gasteiger charge is -2.16. The fraction of sp³-hybridized carbons (Fsp3) is 0.667. The van der Waals surface area contributed by atoms with Gasteiger partial charge in [-0.2, -0.15) is 0 Å². The zero-order chi connectivity index (χ0) is 12.8. The van der Waals surface area contributed by atoms with Crippen LogP contribution in [0.1, 0.15) is 20.3 Å². The van der Waals surface area contributed by atoms with Crippen LogP contribution in [0.2, 0.25) is 0 Å². The van der Waals surface area contributed by atoms with Crippen molar-refractivity contribution in [3.63, 3.8) is 0 Å². The number of hydrogen-bond donors (Lipinski definition) is 1. The van der Waals surface area contributed by atoms with Gasteiger partial charge in [-0.3, -0.25) is 9.69 Å². The van der Waals surface area contributed by atoms with Crippen LogP contribution >= 0.6 is 0 Å². The Morgan fingerprint density at radius 2 is 2.24 bits per heavy atom. The second-order valence-corrected chi connectivity index (χ2v) is 4.25. The van der Waals surface area contributed by atoms with E-state index in [1.54, 1.807) is 6.92 Å². The van der Waals surface area contributed by atoms with E-state index in [1.807, 2.05) is 0 Å². The van der Waals surface area contributed by atoms with Gasteiger partial charge < -0.3 is 10.1 Å². The highest BCUT2D eigenvalue weighted by molar-refractivity contribution is 5.88. The molecular formula is C12H20N2O3. The Bertz CT molecular complexity index is 315. The number of nitrogens with zero attached hydrogens (tertiary/aromatic N) is 1. The van der Waals surface area contributed by atoms with E-state index in [0.29, 0.717) is 18.7 Å². The standard InChI is InChI=1S/C12H20N2O3/c1-4-17-12(16)9(2)7-14-6-5-11(8-14)13-10(3)15/h11H,2,4-8H2,1,3H3,(H,13,15). The second kappa shape index (κ2) is 6.39. The minimum atomic E-state index is -0.338. The quantitative estimate of drug-likeness (QED) is 0.555.